The van der Waals surface area contributed by atoms with E-state index in [4.69, 9.17) is 19.2 Å². The van der Waals surface area contributed by atoms with E-state index in [1.54, 1.807) is 32.3 Å². The van der Waals surface area contributed by atoms with Gasteiger partial charge in [0, 0.05) is 26.1 Å². The van der Waals surface area contributed by atoms with E-state index in [0.717, 1.165) is 73.5 Å². The summed E-state index contributed by atoms with van der Waals surface area (Å²) in [4.78, 5) is 24.0. The number of hydrogen-bond acceptors (Lipinski definition) is 7. The number of imidazole rings is 1. The highest BCUT2D eigenvalue weighted by molar-refractivity contribution is 5.95. The number of amides is 1. The fraction of sp³-hybridized carbons (Fsp3) is 0.424. The summed E-state index contributed by atoms with van der Waals surface area (Å²) in [6.45, 7) is 7.63. The van der Waals surface area contributed by atoms with Crippen molar-refractivity contribution in [1.82, 2.24) is 24.8 Å². The summed E-state index contributed by atoms with van der Waals surface area (Å²) in [6.07, 6.45) is 4.84. The van der Waals surface area contributed by atoms with Gasteiger partial charge in [-0.05, 0) is 75.0 Å². The van der Waals surface area contributed by atoms with E-state index in [-0.39, 0.29) is 17.8 Å². The normalized spacial score (nSPS) is 22.1. The molecule has 2 fully saturated rings. The molecule has 1 amide bonds. The Kier molecular flexibility index (Phi) is 7.05. The average molecular weight is 586 g/mol. The second-order valence-electron chi connectivity index (χ2n) is 11.9. The van der Waals surface area contributed by atoms with Gasteiger partial charge in [-0.3, -0.25) is 9.69 Å². The number of fused-ring (bicyclic) bond motifs is 2. The Hall–Kier alpha value is -4.02. The summed E-state index contributed by atoms with van der Waals surface area (Å²) in [7, 11) is 1.60. The minimum absolute atomic E-state index is 0.168. The minimum atomic E-state index is -1.22. The summed E-state index contributed by atoms with van der Waals surface area (Å²) in [5.41, 5.74) is 4.39. The highest BCUT2D eigenvalue weighted by atomic mass is 19.1. The molecule has 2 aromatic heterocycles. The van der Waals surface area contributed by atoms with E-state index in [2.05, 4.69) is 25.8 Å². The van der Waals surface area contributed by atoms with Crippen molar-refractivity contribution in [3.63, 3.8) is 0 Å². The van der Waals surface area contributed by atoms with Crippen molar-refractivity contribution >= 4 is 16.9 Å². The second kappa shape index (κ2) is 10.9. The number of aromatic nitrogens is 3. The minimum Gasteiger partial charge on any atom is -0.444 e. The number of aryl methyl sites for hydroxylation is 1. The van der Waals surface area contributed by atoms with E-state index < -0.39 is 5.79 Å². The number of nitrogens with one attached hydrogen (secondary N) is 1. The first-order valence-corrected chi connectivity index (χ1v) is 15.0. The number of halogens is 1. The predicted octanol–water partition coefficient (Wildman–Crippen LogP) is 5.05. The summed E-state index contributed by atoms with van der Waals surface area (Å²) >= 11 is 0. The molecule has 224 valence electrons. The molecule has 2 saturated heterocycles. The van der Waals surface area contributed by atoms with Gasteiger partial charge in [-0.1, -0.05) is 18.2 Å². The van der Waals surface area contributed by atoms with E-state index >= 15 is 0 Å². The van der Waals surface area contributed by atoms with Gasteiger partial charge in [0.1, 0.15) is 17.3 Å². The van der Waals surface area contributed by atoms with Crippen molar-refractivity contribution in [3.05, 3.63) is 82.7 Å². The van der Waals surface area contributed by atoms with Crippen LogP contribution in [0.4, 0.5) is 4.39 Å². The molecule has 7 rings (SSSR count). The predicted molar refractivity (Wildman–Crippen MR) is 159 cm³/mol. The van der Waals surface area contributed by atoms with Crippen molar-refractivity contribution in [3.8, 4) is 11.5 Å². The van der Waals surface area contributed by atoms with Crippen LogP contribution in [0, 0.1) is 12.7 Å². The molecule has 0 unspecified atom stereocenters. The Balaban J connectivity index is 1.08. The number of para-hydroxylation sites is 1. The average Bonchev–Trinajstić information content (AvgIpc) is 3.50. The van der Waals surface area contributed by atoms with E-state index in [9.17, 15) is 9.18 Å². The smallest absolute Gasteiger partial charge is 0.278 e. The van der Waals surface area contributed by atoms with Crippen LogP contribution in [-0.2, 0) is 23.6 Å². The third-order valence-corrected chi connectivity index (χ3v) is 8.97. The van der Waals surface area contributed by atoms with Crippen LogP contribution in [0.2, 0.25) is 0 Å². The van der Waals surface area contributed by atoms with Crippen molar-refractivity contribution in [2.45, 2.75) is 64.0 Å². The number of ether oxygens (including phenoxy) is 3. The number of carbonyl (C=O) groups excluding carboxylic acids is 1. The van der Waals surface area contributed by atoms with Gasteiger partial charge in [0.2, 0.25) is 0 Å². The van der Waals surface area contributed by atoms with Gasteiger partial charge >= 0.3 is 0 Å². The molecule has 10 heteroatoms. The molecule has 4 aromatic rings. The molecular weight excluding hydrogens is 549 g/mol. The summed E-state index contributed by atoms with van der Waals surface area (Å²) in [6, 6.07) is 12.9. The van der Waals surface area contributed by atoms with Gasteiger partial charge in [0.05, 0.1) is 42.0 Å². The molecule has 3 aliphatic heterocycles. The van der Waals surface area contributed by atoms with Crippen molar-refractivity contribution < 1.29 is 23.4 Å². The number of carbonyl (C=O) groups is 1. The lowest BCUT2D eigenvalue weighted by Gasteiger charge is -2.33. The molecular formula is C33H36FN5O4. The lowest BCUT2D eigenvalue weighted by atomic mass is 9.88. The third kappa shape index (κ3) is 5.12. The fourth-order valence-electron chi connectivity index (χ4n) is 6.45. The number of piperidine rings is 1. The summed E-state index contributed by atoms with van der Waals surface area (Å²) in [5.74, 6) is 0.833. The first kappa shape index (κ1) is 27.8. The fourth-order valence-corrected chi connectivity index (χ4v) is 6.45. The lowest BCUT2D eigenvalue weighted by molar-refractivity contribution is -0.0712. The Morgan fingerprint density at radius 2 is 1.95 bits per heavy atom. The number of benzene rings is 2. The van der Waals surface area contributed by atoms with Crippen LogP contribution in [-0.4, -0.2) is 58.2 Å². The molecule has 0 radical (unpaired) electrons. The first-order chi connectivity index (χ1) is 20.8. The SMILES string of the molecule is CNC(=O)c1cc2nc(CN3CCC(c4cccc5c4O[C@@](C)(c4ccc(C)cc4F)O5)CC3)n(C[C@@H]3CCO3)c2cn1. The number of pyridine rings is 1. The monoisotopic (exact) mass is 585 g/mol. The largest absolute Gasteiger partial charge is 0.444 e. The Morgan fingerprint density at radius 1 is 1.14 bits per heavy atom. The van der Waals surface area contributed by atoms with Gasteiger partial charge in [-0.25, -0.2) is 14.4 Å². The summed E-state index contributed by atoms with van der Waals surface area (Å²) in [5, 5.41) is 2.64. The maximum absolute atomic E-state index is 14.9. The van der Waals surface area contributed by atoms with Crippen LogP contribution >= 0.6 is 0 Å². The van der Waals surface area contributed by atoms with Gasteiger partial charge in [-0.15, -0.1) is 0 Å². The second-order valence-corrected chi connectivity index (χ2v) is 11.9. The molecule has 2 aromatic carbocycles. The van der Waals surface area contributed by atoms with Crippen molar-refractivity contribution in [2.24, 2.45) is 0 Å². The number of rotatable bonds is 7. The molecule has 9 nitrogen and oxygen atoms in total. The Bertz CT molecular complexity index is 1690. The molecule has 3 aliphatic rings. The zero-order valence-corrected chi connectivity index (χ0v) is 24.7. The molecule has 5 heterocycles. The molecule has 0 spiro atoms. The van der Waals surface area contributed by atoms with Crippen LogP contribution < -0.4 is 14.8 Å². The first-order valence-electron chi connectivity index (χ1n) is 15.0. The third-order valence-electron chi connectivity index (χ3n) is 8.97. The van der Waals surface area contributed by atoms with Crippen LogP contribution in [0.25, 0.3) is 11.0 Å². The van der Waals surface area contributed by atoms with Crippen LogP contribution in [0.5, 0.6) is 11.5 Å². The zero-order valence-electron chi connectivity index (χ0n) is 24.7. The van der Waals surface area contributed by atoms with Gasteiger partial charge < -0.3 is 24.1 Å². The molecule has 43 heavy (non-hydrogen) atoms. The lowest BCUT2D eigenvalue weighted by Crippen LogP contribution is -2.35. The topological polar surface area (TPSA) is 90.7 Å². The standard InChI is InChI=1S/C33H36FN5O4/c1-20-7-8-24(25(34)15-20)33(2)42-29-6-4-5-23(31(29)43-33)21-9-12-38(13-10-21)19-30-37-26-16-27(32(40)35-3)36-17-28(26)39(30)18-22-11-14-41-22/h4-8,15-17,21-22H,9-14,18-19H2,1-3H3,(H,35,40)/t22-,33-/m0/s1. The highest BCUT2D eigenvalue weighted by Gasteiger charge is 2.43. The van der Waals surface area contributed by atoms with Crippen LogP contribution in [0.1, 0.15) is 65.1 Å². The van der Waals surface area contributed by atoms with Crippen LogP contribution in [0.15, 0.2) is 48.7 Å². The van der Waals surface area contributed by atoms with E-state index in [1.165, 1.54) is 6.07 Å². The van der Waals surface area contributed by atoms with Gasteiger partial charge in [0.25, 0.3) is 11.7 Å². The number of likely N-dealkylation sites (tertiary alicyclic amines) is 1. The van der Waals surface area contributed by atoms with Gasteiger partial charge in [0.15, 0.2) is 11.5 Å². The molecule has 2 atom stereocenters. The van der Waals surface area contributed by atoms with Gasteiger partial charge in [-0.2, -0.15) is 0 Å². The maximum atomic E-state index is 14.9. The van der Waals surface area contributed by atoms with Crippen molar-refractivity contribution in [1.29, 1.82) is 0 Å². The maximum Gasteiger partial charge on any atom is 0.278 e. The summed E-state index contributed by atoms with van der Waals surface area (Å²) < 4.78 is 35.5. The highest BCUT2D eigenvalue weighted by Crippen LogP contribution is 2.49. The van der Waals surface area contributed by atoms with Crippen molar-refractivity contribution in [2.75, 3.05) is 26.7 Å². The Morgan fingerprint density at radius 3 is 2.67 bits per heavy atom. The van der Waals surface area contributed by atoms with Crippen LogP contribution in [0.3, 0.4) is 0 Å². The number of hydrogen-bond donors (Lipinski definition) is 1. The number of nitrogens with zero attached hydrogens (tertiary/aromatic N) is 4. The molecule has 0 saturated carbocycles. The molecule has 1 N–H and O–H groups in total. The van der Waals surface area contributed by atoms with E-state index in [1.807, 2.05) is 25.1 Å². The molecule has 0 bridgehead atoms. The van der Waals surface area contributed by atoms with E-state index in [0.29, 0.717) is 35.2 Å². The Labute approximate surface area is 250 Å². The molecule has 0 aliphatic carbocycles. The zero-order chi connectivity index (χ0) is 29.7. The quantitative estimate of drug-likeness (QED) is 0.325.